The van der Waals surface area contributed by atoms with Crippen LogP contribution < -0.4 is 5.32 Å². The van der Waals surface area contributed by atoms with Gasteiger partial charge in [-0.05, 0) is 43.9 Å². The Morgan fingerprint density at radius 3 is 2.72 bits per heavy atom. The Kier molecular flexibility index (Phi) is 5.02. The monoisotopic (exact) mass is 269 g/mol. The molecule has 1 saturated carbocycles. The van der Waals surface area contributed by atoms with Gasteiger partial charge in [-0.25, -0.2) is 4.39 Å². The fourth-order valence-electron chi connectivity index (χ4n) is 2.90. The van der Waals surface area contributed by atoms with Gasteiger partial charge in [-0.1, -0.05) is 37.4 Å². The van der Waals surface area contributed by atoms with Crippen LogP contribution in [0.3, 0.4) is 0 Å². The SMILES string of the molecule is CCCNC(c1c(F)cccc1Cl)C1CCCC1. The summed E-state index contributed by atoms with van der Waals surface area (Å²) in [5, 5.41) is 4.04. The predicted octanol–water partition coefficient (Wildman–Crippen LogP) is 4.71. The highest BCUT2D eigenvalue weighted by molar-refractivity contribution is 6.31. The van der Waals surface area contributed by atoms with E-state index in [0.717, 1.165) is 13.0 Å². The van der Waals surface area contributed by atoms with Crippen molar-refractivity contribution < 1.29 is 4.39 Å². The van der Waals surface area contributed by atoms with Crippen LogP contribution in [0.25, 0.3) is 0 Å². The van der Waals surface area contributed by atoms with Crippen LogP contribution in [-0.4, -0.2) is 6.54 Å². The van der Waals surface area contributed by atoms with Crippen molar-refractivity contribution >= 4 is 11.6 Å². The highest BCUT2D eigenvalue weighted by Gasteiger charge is 2.29. The average molecular weight is 270 g/mol. The second-order valence-corrected chi connectivity index (χ2v) is 5.52. The number of benzene rings is 1. The Hall–Kier alpha value is -0.600. The highest BCUT2D eigenvalue weighted by Crippen LogP contribution is 2.39. The van der Waals surface area contributed by atoms with Crippen LogP contribution in [0, 0.1) is 11.7 Å². The second kappa shape index (κ2) is 6.53. The van der Waals surface area contributed by atoms with Gasteiger partial charge in [0.2, 0.25) is 0 Å². The Bertz CT molecular complexity index is 368. The molecule has 1 aliphatic rings. The van der Waals surface area contributed by atoms with Crippen molar-refractivity contribution in [3.05, 3.63) is 34.6 Å². The quantitative estimate of drug-likeness (QED) is 0.816. The van der Waals surface area contributed by atoms with Crippen LogP contribution in [0.1, 0.15) is 50.6 Å². The molecular weight excluding hydrogens is 249 g/mol. The first-order valence-corrected chi connectivity index (χ1v) is 7.29. The lowest BCUT2D eigenvalue weighted by atomic mass is 9.91. The molecule has 100 valence electrons. The summed E-state index contributed by atoms with van der Waals surface area (Å²) in [5.74, 6) is 0.342. The summed E-state index contributed by atoms with van der Waals surface area (Å²) in [6.45, 7) is 3.04. The molecule has 1 atom stereocenters. The van der Waals surface area contributed by atoms with Gasteiger partial charge in [-0.15, -0.1) is 0 Å². The van der Waals surface area contributed by atoms with Crippen LogP contribution in [0.15, 0.2) is 18.2 Å². The third kappa shape index (κ3) is 3.04. The molecule has 2 rings (SSSR count). The van der Waals surface area contributed by atoms with E-state index in [1.165, 1.54) is 31.7 Å². The molecular formula is C15H21ClFN. The topological polar surface area (TPSA) is 12.0 Å². The van der Waals surface area contributed by atoms with E-state index in [-0.39, 0.29) is 11.9 Å². The largest absolute Gasteiger partial charge is 0.310 e. The van der Waals surface area contributed by atoms with E-state index in [9.17, 15) is 4.39 Å². The van der Waals surface area contributed by atoms with E-state index in [1.807, 2.05) is 0 Å². The summed E-state index contributed by atoms with van der Waals surface area (Å²) in [4.78, 5) is 0. The lowest BCUT2D eigenvalue weighted by molar-refractivity contribution is 0.357. The van der Waals surface area contributed by atoms with Gasteiger partial charge in [-0.3, -0.25) is 0 Å². The normalized spacial score (nSPS) is 18.2. The van der Waals surface area contributed by atoms with Crippen molar-refractivity contribution in [3.8, 4) is 0 Å². The average Bonchev–Trinajstić information content (AvgIpc) is 2.86. The van der Waals surface area contributed by atoms with Gasteiger partial charge in [0, 0.05) is 16.6 Å². The van der Waals surface area contributed by atoms with Crippen molar-refractivity contribution in [2.75, 3.05) is 6.54 Å². The Balaban J connectivity index is 2.26. The Morgan fingerprint density at radius 1 is 1.39 bits per heavy atom. The summed E-state index contributed by atoms with van der Waals surface area (Å²) >= 11 is 6.20. The molecule has 1 aliphatic carbocycles. The minimum Gasteiger partial charge on any atom is -0.310 e. The first-order chi connectivity index (χ1) is 8.74. The van der Waals surface area contributed by atoms with Gasteiger partial charge < -0.3 is 5.32 Å². The van der Waals surface area contributed by atoms with Crippen LogP contribution in [-0.2, 0) is 0 Å². The maximum Gasteiger partial charge on any atom is 0.129 e. The highest BCUT2D eigenvalue weighted by atomic mass is 35.5. The van der Waals surface area contributed by atoms with Crippen LogP contribution in [0.2, 0.25) is 5.02 Å². The molecule has 0 bridgehead atoms. The number of hydrogen-bond donors (Lipinski definition) is 1. The van der Waals surface area contributed by atoms with Crippen molar-refractivity contribution in [2.24, 2.45) is 5.92 Å². The van der Waals surface area contributed by atoms with E-state index >= 15 is 0 Å². The zero-order chi connectivity index (χ0) is 13.0. The summed E-state index contributed by atoms with van der Waals surface area (Å²) in [5.41, 5.74) is 0.666. The van der Waals surface area contributed by atoms with E-state index in [1.54, 1.807) is 12.1 Å². The zero-order valence-electron chi connectivity index (χ0n) is 10.9. The lowest BCUT2D eigenvalue weighted by Gasteiger charge is -2.26. The molecule has 1 fully saturated rings. The molecule has 1 aromatic rings. The molecule has 1 aromatic carbocycles. The molecule has 3 heteroatoms. The van der Waals surface area contributed by atoms with Gasteiger partial charge in [0.05, 0.1) is 0 Å². The van der Waals surface area contributed by atoms with Crippen LogP contribution in [0.4, 0.5) is 4.39 Å². The van der Waals surface area contributed by atoms with Crippen molar-refractivity contribution in [2.45, 2.75) is 45.1 Å². The minimum atomic E-state index is -0.178. The van der Waals surface area contributed by atoms with Crippen molar-refractivity contribution in [3.63, 3.8) is 0 Å². The number of rotatable bonds is 5. The number of nitrogens with one attached hydrogen (secondary N) is 1. The fraction of sp³-hybridized carbons (Fsp3) is 0.600. The first-order valence-electron chi connectivity index (χ1n) is 6.91. The maximum absolute atomic E-state index is 14.1. The van der Waals surface area contributed by atoms with Crippen molar-refractivity contribution in [1.29, 1.82) is 0 Å². The van der Waals surface area contributed by atoms with E-state index in [0.29, 0.717) is 16.5 Å². The molecule has 0 heterocycles. The van der Waals surface area contributed by atoms with Gasteiger partial charge in [0.25, 0.3) is 0 Å². The van der Waals surface area contributed by atoms with E-state index in [4.69, 9.17) is 11.6 Å². The maximum atomic E-state index is 14.1. The predicted molar refractivity (Wildman–Crippen MR) is 74.4 cm³/mol. The lowest BCUT2D eigenvalue weighted by Crippen LogP contribution is -2.29. The van der Waals surface area contributed by atoms with Gasteiger partial charge in [-0.2, -0.15) is 0 Å². The number of halogens is 2. The molecule has 0 amide bonds. The van der Waals surface area contributed by atoms with Gasteiger partial charge in [0.15, 0.2) is 0 Å². The first kappa shape index (κ1) is 13.8. The molecule has 0 spiro atoms. The minimum absolute atomic E-state index is 0.0705. The van der Waals surface area contributed by atoms with Crippen LogP contribution in [0.5, 0.6) is 0 Å². The zero-order valence-corrected chi connectivity index (χ0v) is 11.6. The molecule has 18 heavy (non-hydrogen) atoms. The van der Waals surface area contributed by atoms with Crippen molar-refractivity contribution in [1.82, 2.24) is 5.32 Å². The summed E-state index contributed by atoms with van der Waals surface area (Å²) in [7, 11) is 0. The molecule has 0 aliphatic heterocycles. The third-order valence-electron chi connectivity index (χ3n) is 3.80. The molecule has 1 nitrogen and oxygen atoms in total. The second-order valence-electron chi connectivity index (χ2n) is 5.11. The molecule has 0 saturated heterocycles. The summed E-state index contributed by atoms with van der Waals surface area (Å²) < 4.78 is 14.1. The molecule has 0 aromatic heterocycles. The summed E-state index contributed by atoms with van der Waals surface area (Å²) in [6, 6.07) is 5.04. The summed E-state index contributed by atoms with van der Waals surface area (Å²) in [6.07, 6.45) is 5.90. The molecule has 1 N–H and O–H groups in total. The Morgan fingerprint density at radius 2 is 2.11 bits per heavy atom. The fourth-order valence-corrected chi connectivity index (χ4v) is 3.18. The molecule has 0 radical (unpaired) electrons. The standard InChI is InChI=1S/C15H21ClFN/c1-2-10-18-15(11-6-3-4-7-11)14-12(16)8-5-9-13(14)17/h5,8-9,11,15,18H,2-4,6-7,10H2,1H3. The Labute approximate surface area is 114 Å². The van der Waals surface area contributed by atoms with Gasteiger partial charge in [0.1, 0.15) is 5.82 Å². The molecule has 1 unspecified atom stereocenters. The van der Waals surface area contributed by atoms with E-state index in [2.05, 4.69) is 12.2 Å². The van der Waals surface area contributed by atoms with Crippen LogP contribution >= 0.6 is 11.6 Å². The third-order valence-corrected chi connectivity index (χ3v) is 4.13. The number of hydrogen-bond acceptors (Lipinski definition) is 1. The van der Waals surface area contributed by atoms with Gasteiger partial charge >= 0.3 is 0 Å². The van der Waals surface area contributed by atoms with E-state index < -0.39 is 0 Å². The smallest absolute Gasteiger partial charge is 0.129 e.